The number of hydrogen-bond donors (Lipinski definition) is 2. The highest BCUT2D eigenvalue weighted by Gasteiger charge is 2.12. The highest BCUT2D eigenvalue weighted by molar-refractivity contribution is 5.58. The fourth-order valence-electron chi connectivity index (χ4n) is 1.95. The lowest BCUT2D eigenvalue weighted by Gasteiger charge is -2.08. The Labute approximate surface area is 100 Å². The van der Waals surface area contributed by atoms with Crippen molar-refractivity contribution in [3.05, 3.63) is 47.3 Å². The van der Waals surface area contributed by atoms with Crippen LogP contribution in [0.15, 0.2) is 30.5 Å². The van der Waals surface area contributed by atoms with Crippen LogP contribution in [-0.2, 0) is 13.1 Å². The molecule has 0 saturated carbocycles. The normalized spacial score (nSPS) is 13.5. The number of nitrogens with one attached hydrogen (secondary N) is 2. The first-order valence-corrected chi connectivity index (χ1v) is 5.71. The molecule has 0 bridgehead atoms. The zero-order valence-corrected chi connectivity index (χ0v) is 9.70. The first-order chi connectivity index (χ1) is 8.33. The Morgan fingerprint density at radius 3 is 3.00 bits per heavy atom. The van der Waals surface area contributed by atoms with Gasteiger partial charge in [-0.3, -0.25) is 0 Å². The number of hydrogen-bond acceptors (Lipinski definition) is 4. The van der Waals surface area contributed by atoms with Crippen LogP contribution in [0.5, 0.6) is 0 Å². The van der Waals surface area contributed by atoms with Gasteiger partial charge in [0.25, 0.3) is 0 Å². The molecule has 1 aliphatic rings. The average molecular weight is 226 g/mol. The van der Waals surface area contributed by atoms with E-state index in [9.17, 15) is 0 Å². The minimum Gasteiger partial charge on any atom is -0.324 e. The van der Waals surface area contributed by atoms with Crippen LogP contribution in [0.3, 0.4) is 0 Å². The van der Waals surface area contributed by atoms with Gasteiger partial charge in [-0.15, -0.1) is 0 Å². The topological polar surface area (TPSA) is 49.8 Å². The third kappa shape index (κ3) is 1.99. The zero-order chi connectivity index (χ0) is 11.7. The predicted octanol–water partition coefficient (Wildman–Crippen LogP) is 2.13. The fraction of sp³-hybridized carbons (Fsp3) is 0.231. The minimum absolute atomic E-state index is 0.668. The molecule has 0 atom stereocenters. The van der Waals surface area contributed by atoms with E-state index in [1.54, 1.807) is 0 Å². The van der Waals surface area contributed by atoms with Crippen molar-refractivity contribution < 1.29 is 0 Å². The average Bonchev–Trinajstić information content (AvgIpc) is 2.79. The van der Waals surface area contributed by atoms with Gasteiger partial charge in [0.15, 0.2) is 0 Å². The zero-order valence-electron chi connectivity index (χ0n) is 9.70. The number of fused-ring (bicyclic) bond motifs is 1. The van der Waals surface area contributed by atoms with Gasteiger partial charge < -0.3 is 10.6 Å². The van der Waals surface area contributed by atoms with E-state index in [0.29, 0.717) is 5.95 Å². The molecule has 4 heteroatoms. The molecule has 1 aromatic heterocycles. The van der Waals surface area contributed by atoms with E-state index in [-0.39, 0.29) is 0 Å². The van der Waals surface area contributed by atoms with E-state index in [2.05, 4.69) is 33.6 Å². The van der Waals surface area contributed by atoms with Gasteiger partial charge in [-0.2, -0.15) is 0 Å². The lowest BCUT2D eigenvalue weighted by atomic mass is 10.2. The Hall–Kier alpha value is -1.94. The molecule has 2 aromatic rings. The molecule has 2 heterocycles. The molecule has 3 rings (SSSR count). The Morgan fingerprint density at radius 1 is 1.24 bits per heavy atom. The van der Waals surface area contributed by atoms with Crippen molar-refractivity contribution in [3.8, 4) is 0 Å². The van der Waals surface area contributed by atoms with Gasteiger partial charge in [-0.05, 0) is 18.6 Å². The smallest absolute Gasteiger partial charge is 0.227 e. The summed E-state index contributed by atoms with van der Waals surface area (Å²) in [5, 5.41) is 6.51. The Morgan fingerprint density at radius 2 is 2.12 bits per heavy atom. The molecule has 17 heavy (non-hydrogen) atoms. The van der Waals surface area contributed by atoms with Crippen LogP contribution in [0, 0.1) is 6.92 Å². The van der Waals surface area contributed by atoms with Gasteiger partial charge in [0.2, 0.25) is 5.95 Å². The van der Waals surface area contributed by atoms with Crippen molar-refractivity contribution in [1.82, 2.24) is 15.3 Å². The van der Waals surface area contributed by atoms with E-state index in [1.165, 1.54) is 11.1 Å². The first-order valence-electron chi connectivity index (χ1n) is 5.71. The van der Waals surface area contributed by atoms with Crippen molar-refractivity contribution >= 4 is 11.6 Å². The van der Waals surface area contributed by atoms with Crippen LogP contribution in [-0.4, -0.2) is 9.97 Å². The molecule has 0 amide bonds. The molecule has 86 valence electrons. The fourth-order valence-corrected chi connectivity index (χ4v) is 1.95. The first kappa shape index (κ1) is 10.2. The quantitative estimate of drug-likeness (QED) is 0.823. The largest absolute Gasteiger partial charge is 0.324 e. The van der Waals surface area contributed by atoms with E-state index >= 15 is 0 Å². The molecule has 0 unspecified atom stereocenters. The SMILES string of the molecule is Cc1ccccc1Nc1ncc2c(n1)CNC2. The van der Waals surface area contributed by atoms with Crippen LogP contribution >= 0.6 is 0 Å². The predicted molar refractivity (Wildman–Crippen MR) is 67.0 cm³/mol. The summed E-state index contributed by atoms with van der Waals surface area (Å²) < 4.78 is 0. The summed E-state index contributed by atoms with van der Waals surface area (Å²) >= 11 is 0. The Kier molecular flexibility index (Phi) is 2.49. The maximum Gasteiger partial charge on any atom is 0.227 e. The monoisotopic (exact) mass is 226 g/mol. The van der Waals surface area contributed by atoms with Crippen molar-refractivity contribution in [3.63, 3.8) is 0 Å². The van der Waals surface area contributed by atoms with Crippen LogP contribution < -0.4 is 10.6 Å². The molecule has 0 fully saturated rings. The number of rotatable bonds is 2. The molecule has 0 spiro atoms. The van der Waals surface area contributed by atoms with Crippen LogP contribution in [0.25, 0.3) is 0 Å². The Balaban J connectivity index is 1.89. The number of aromatic nitrogens is 2. The number of benzene rings is 1. The summed E-state index contributed by atoms with van der Waals surface area (Å²) in [6, 6.07) is 8.12. The van der Waals surface area contributed by atoms with Crippen molar-refractivity contribution in [2.45, 2.75) is 20.0 Å². The van der Waals surface area contributed by atoms with Crippen molar-refractivity contribution in [2.75, 3.05) is 5.32 Å². The molecular formula is C13H14N4. The van der Waals surface area contributed by atoms with Crippen molar-refractivity contribution in [1.29, 1.82) is 0 Å². The molecule has 0 aliphatic carbocycles. The number of aryl methyl sites for hydroxylation is 1. The van der Waals surface area contributed by atoms with Crippen molar-refractivity contribution in [2.24, 2.45) is 0 Å². The van der Waals surface area contributed by atoms with E-state index in [1.807, 2.05) is 24.4 Å². The lowest BCUT2D eigenvalue weighted by Crippen LogP contribution is -2.02. The molecule has 0 saturated heterocycles. The second kappa shape index (κ2) is 4.14. The number of anilines is 2. The molecule has 0 radical (unpaired) electrons. The summed E-state index contributed by atoms with van der Waals surface area (Å²) in [6.07, 6.45) is 1.89. The van der Waals surface area contributed by atoms with Gasteiger partial charge in [-0.25, -0.2) is 9.97 Å². The summed E-state index contributed by atoms with van der Waals surface area (Å²) in [7, 11) is 0. The highest BCUT2D eigenvalue weighted by Crippen LogP contribution is 2.19. The van der Waals surface area contributed by atoms with E-state index in [0.717, 1.165) is 24.5 Å². The maximum absolute atomic E-state index is 4.50. The number of nitrogens with zero attached hydrogens (tertiary/aromatic N) is 2. The standard InChI is InChI=1S/C13H14N4/c1-9-4-2-3-5-11(9)16-13-15-7-10-6-14-8-12(10)17-13/h2-5,7,14H,6,8H2,1H3,(H,15,16,17). The van der Waals surface area contributed by atoms with E-state index < -0.39 is 0 Å². The van der Waals surface area contributed by atoms with Gasteiger partial charge in [0, 0.05) is 30.5 Å². The van der Waals surface area contributed by atoms with Gasteiger partial charge >= 0.3 is 0 Å². The van der Waals surface area contributed by atoms with Crippen LogP contribution in [0.2, 0.25) is 0 Å². The maximum atomic E-state index is 4.50. The number of para-hydroxylation sites is 1. The molecule has 1 aromatic carbocycles. The van der Waals surface area contributed by atoms with E-state index in [4.69, 9.17) is 0 Å². The van der Waals surface area contributed by atoms with Gasteiger partial charge in [0.05, 0.1) is 5.69 Å². The molecular weight excluding hydrogens is 212 g/mol. The summed E-state index contributed by atoms with van der Waals surface area (Å²) in [6.45, 7) is 3.78. The summed E-state index contributed by atoms with van der Waals surface area (Å²) in [5.74, 6) is 0.668. The minimum atomic E-state index is 0.668. The molecule has 1 aliphatic heterocycles. The highest BCUT2D eigenvalue weighted by atomic mass is 15.1. The summed E-state index contributed by atoms with van der Waals surface area (Å²) in [5.41, 5.74) is 4.53. The van der Waals surface area contributed by atoms with Gasteiger partial charge in [0.1, 0.15) is 0 Å². The van der Waals surface area contributed by atoms with Crippen LogP contribution in [0.1, 0.15) is 16.8 Å². The lowest BCUT2D eigenvalue weighted by molar-refractivity contribution is 0.758. The summed E-state index contributed by atoms with van der Waals surface area (Å²) in [4.78, 5) is 8.83. The third-order valence-electron chi connectivity index (χ3n) is 2.95. The third-order valence-corrected chi connectivity index (χ3v) is 2.95. The van der Waals surface area contributed by atoms with Gasteiger partial charge in [-0.1, -0.05) is 18.2 Å². The molecule has 4 nitrogen and oxygen atoms in total. The second-order valence-electron chi connectivity index (χ2n) is 4.21. The Bertz CT molecular complexity index is 551. The molecule has 2 N–H and O–H groups in total. The second-order valence-corrected chi connectivity index (χ2v) is 4.21. The van der Waals surface area contributed by atoms with Crippen LogP contribution in [0.4, 0.5) is 11.6 Å².